The minimum Gasteiger partial charge on any atom is -0.462 e. The van der Waals surface area contributed by atoms with Gasteiger partial charge in [-0.1, -0.05) is 240 Å². The molecule has 0 rings (SSSR count). The summed E-state index contributed by atoms with van der Waals surface area (Å²) in [6, 6.07) is 0. The molecule has 0 fully saturated rings. The predicted molar refractivity (Wildman–Crippen MR) is 243 cm³/mol. The van der Waals surface area contributed by atoms with Gasteiger partial charge in [0.15, 0.2) is 6.10 Å². The van der Waals surface area contributed by atoms with E-state index in [-0.39, 0.29) is 31.1 Å². The minimum absolute atomic E-state index is 0.0643. The fourth-order valence-electron chi connectivity index (χ4n) is 7.60. The summed E-state index contributed by atoms with van der Waals surface area (Å²) >= 11 is 0. The summed E-state index contributed by atoms with van der Waals surface area (Å²) in [5, 5.41) is 0. The molecule has 0 bridgehead atoms. The molecule has 0 aliphatic carbocycles. The van der Waals surface area contributed by atoms with Crippen LogP contribution in [0.25, 0.3) is 0 Å². The van der Waals surface area contributed by atoms with Crippen molar-refractivity contribution in [2.75, 3.05) is 13.2 Å². The average Bonchev–Trinajstić information content (AvgIpc) is 3.19. The number of hydrogen-bond donors (Lipinski definition) is 0. The Kier molecular flexibility index (Phi) is 42.7. The van der Waals surface area contributed by atoms with Crippen LogP contribution in [-0.2, 0) is 28.6 Å². The SMILES string of the molecule is CCCCCCCCCCCCCC(=O)O[C@H](COC(=O)CCCCCCCCCCCCCCCCC(C)CC)COC(=O)CCCCCCCCCC(C)C. The second-order valence-corrected chi connectivity index (χ2v) is 18.2. The molecule has 0 aliphatic rings. The van der Waals surface area contributed by atoms with Crippen molar-refractivity contribution in [2.45, 2.75) is 285 Å². The molecule has 0 aromatic carbocycles. The Morgan fingerprint density at radius 3 is 1.00 bits per heavy atom. The molecule has 0 saturated carbocycles. The zero-order chi connectivity index (χ0) is 41.9. The summed E-state index contributed by atoms with van der Waals surface area (Å²) in [6.45, 7) is 11.4. The van der Waals surface area contributed by atoms with Gasteiger partial charge >= 0.3 is 17.9 Å². The molecule has 0 aromatic rings. The minimum atomic E-state index is -0.761. The van der Waals surface area contributed by atoms with E-state index >= 15 is 0 Å². The van der Waals surface area contributed by atoms with Crippen LogP contribution in [-0.4, -0.2) is 37.2 Å². The summed E-state index contributed by atoms with van der Waals surface area (Å²) in [5.41, 5.74) is 0. The van der Waals surface area contributed by atoms with Crippen molar-refractivity contribution in [3.63, 3.8) is 0 Å². The van der Waals surface area contributed by atoms with Crippen LogP contribution in [0, 0.1) is 11.8 Å². The van der Waals surface area contributed by atoms with Crippen LogP contribution in [0.15, 0.2) is 0 Å². The Hall–Kier alpha value is -1.59. The van der Waals surface area contributed by atoms with Gasteiger partial charge in [0.25, 0.3) is 0 Å². The van der Waals surface area contributed by atoms with Gasteiger partial charge in [-0.2, -0.15) is 0 Å². The summed E-state index contributed by atoms with van der Waals surface area (Å²) in [5.74, 6) is 0.824. The molecule has 0 aromatic heterocycles. The molecule has 0 spiro atoms. The summed E-state index contributed by atoms with van der Waals surface area (Å²) in [6.07, 6.45) is 43.7. The van der Waals surface area contributed by atoms with E-state index < -0.39 is 6.10 Å². The fourth-order valence-corrected chi connectivity index (χ4v) is 7.60. The molecule has 338 valence electrons. The van der Waals surface area contributed by atoms with Crippen molar-refractivity contribution < 1.29 is 28.6 Å². The first-order chi connectivity index (χ1) is 27.8. The van der Waals surface area contributed by atoms with Crippen LogP contribution >= 0.6 is 0 Å². The quantitative estimate of drug-likeness (QED) is 0.0346. The van der Waals surface area contributed by atoms with Crippen LogP contribution in [0.3, 0.4) is 0 Å². The molecule has 0 heterocycles. The van der Waals surface area contributed by atoms with Crippen LogP contribution in [0.1, 0.15) is 279 Å². The summed E-state index contributed by atoms with van der Waals surface area (Å²) in [4.78, 5) is 37.8. The van der Waals surface area contributed by atoms with Crippen molar-refractivity contribution in [1.29, 1.82) is 0 Å². The maximum absolute atomic E-state index is 12.7. The molecule has 6 nitrogen and oxygen atoms in total. The lowest BCUT2D eigenvalue weighted by atomic mass is 9.99. The van der Waals surface area contributed by atoms with E-state index in [1.54, 1.807) is 0 Å². The molecular formula is C51H98O6. The topological polar surface area (TPSA) is 78.9 Å². The van der Waals surface area contributed by atoms with Crippen molar-refractivity contribution in [1.82, 2.24) is 0 Å². The summed E-state index contributed by atoms with van der Waals surface area (Å²) in [7, 11) is 0. The fraction of sp³-hybridized carbons (Fsp3) is 0.941. The maximum Gasteiger partial charge on any atom is 0.306 e. The second kappa shape index (κ2) is 44.0. The van der Waals surface area contributed by atoms with Crippen LogP contribution in [0.4, 0.5) is 0 Å². The molecular weight excluding hydrogens is 709 g/mol. The van der Waals surface area contributed by atoms with E-state index in [0.29, 0.717) is 19.3 Å². The Labute approximate surface area is 355 Å². The lowest BCUT2D eigenvalue weighted by Gasteiger charge is -2.18. The first-order valence-electron chi connectivity index (χ1n) is 25.3. The molecule has 0 saturated heterocycles. The second-order valence-electron chi connectivity index (χ2n) is 18.2. The Bertz CT molecular complexity index is 872. The molecule has 57 heavy (non-hydrogen) atoms. The van der Waals surface area contributed by atoms with Crippen molar-refractivity contribution in [2.24, 2.45) is 11.8 Å². The number of hydrogen-bond acceptors (Lipinski definition) is 6. The number of ether oxygens (including phenoxy) is 3. The van der Waals surface area contributed by atoms with Crippen molar-refractivity contribution in [3.8, 4) is 0 Å². The van der Waals surface area contributed by atoms with E-state index in [0.717, 1.165) is 69.6 Å². The molecule has 0 amide bonds. The largest absolute Gasteiger partial charge is 0.462 e. The van der Waals surface area contributed by atoms with Gasteiger partial charge < -0.3 is 14.2 Å². The lowest BCUT2D eigenvalue weighted by Crippen LogP contribution is -2.30. The van der Waals surface area contributed by atoms with Crippen molar-refractivity contribution >= 4 is 17.9 Å². The van der Waals surface area contributed by atoms with Crippen molar-refractivity contribution in [3.05, 3.63) is 0 Å². The highest BCUT2D eigenvalue weighted by molar-refractivity contribution is 5.71. The monoisotopic (exact) mass is 807 g/mol. The first-order valence-corrected chi connectivity index (χ1v) is 25.3. The van der Waals surface area contributed by atoms with Crippen LogP contribution in [0.5, 0.6) is 0 Å². The Morgan fingerprint density at radius 2 is 0.667 bits per heavy atom. The predicted octanol–water partition coefficient (Wildman–Crippen LogP) is 16.1. The number of esters is 3. The Balaban J connectivity index is 4.25. The molecule has 1 unspecified atom stereocenters. The molecule has 0 aliphatic heterocycles. The van der Waals surface area contributed by atoms with Crippen LogP contribution < -0.4 is 0 Å². The van der Waals surface area contributed by atoms with E-state index in [1.807, 2.05) is 0 Å². The zero-order valence-corrected chi connectivity index (χ0v) is 39.0. The van der Waals surface area contributed by atoms with E-state index in [4.69, 9.17) is 14.2 Å². The average molecular weight is 807 g/mol. The zero-order valence-electron chi connectivity index (χ0n) is 39.0. The highest BCUT2D eigenvalue weighted by atomic mass is 16.6. The third kappa shape index (κ3) is 43.8. The van der Waals surface area contributed by atoms with Gasteiger partial charge in [-0.3, -0.25) is 14.4 Å². The van der Waals surface area contributed by atoms with Crippen LogP contribution in [0.2, 0.25) is 0 Å². The molecule has 0 N–H and O–H groups in total. The highest BCUT2D eigenvalue weighted by Gasteiger charge is 2.19. The highest BCUT2D eigenvalue weighted by Crippen LogP contribution is 2.18. The number of carbonyl (C=O) groups is 3. The summed E-state index contributed by atoms with van der Waals surface area (Å²) < 4.78 is 16.8. The standard InChI is InChI=1S/C51H98O6/c1-6-8-9-10-11-12-17-22-27-33-38-43-51(54)57-48(45-56-50(53)42-37-32-28-23-24-29-34-39-46(3)4)44-55-49(52)41-36-31-26-21-19-16-14-13-15-18-20-25-30-35-40-47(5)7-2/h46-48H,6-45H2,1-5H3/t47?,48-/m1/s1. The number of unbranched alkanes of at least 4 members (excludes halogenated alkanes) is 29. The normalized spacial score (nSPS) is 12.5. The van der Waals surface area contributed by atoms with Gasteiger partial charge in [-0.15, -0.1) is 0 Å². The van der Waals surface area contributed by atoms with Gasteiger partial charge in [0.1, 0.15) is 13.2 Å². The van der Waals surface area contributed by atoms with E-state index in [1.165, 1.54) is 167 Å². The third-order valence-electron chi connectivity index (χ3n) is 11.8. The molecule has 0 radical (unpaired) electrons. The van der Waals surface area contributed by atoms with E-state index in [9.17, 15) is 14.4 Å². The third-order valence-corrected chi connectivity index (χ3v) is 11.8. The van der Waals surface area contributed by atoms with Gasteiger partial charge in [0.05, 0.1) is 0 Å². The lowest BCUT2D eigenvalue weighted by molar-refractivity contribution is -0.167. The van der Waals surface area contributed by atoms with Gasteiger partial charge in [-0.05, 0) is 31.1 Å². The molecule has 2 atom stereocenters. The number of carbonyl (C=O) groups excluding carboxylic acids is 3. The van der Waals surface area contributed by atoms with Gasteiger partial charge in [0, 0.05) is 19.3 Å². The number of rotatable bonds is 45. The molecule has 6 heteroatoms. The van der Waals surface area contributed by atoms with Gasteiger partial charge in [-0.25, -0.2) is 0 Å². The maximum atomic E-state index is 12.7. The van der Waals surface area contributed by atoms with E-state index in [2.05, 4.69) is 34.6 Å². The van der Waals surface area contributed by atoms with Gasteiger partial charge in [0.2, 0.25) is 0 Å². The smallest absolute Gasteiger partial charge is 0.306 e. The Morgan fingerprint density at radius 1 is 0.368 bits per heavy atom. The first kappa shape index (κ1) is 55.4.